The molecular formula is C18H20N6O6. The van der Waals surface area contributed by atoms with Crippen molar-refractivity contribution in [3.63, 3.8) is 0 Å². The minimum absolute atomic E-state index is 0.0561. The van der Waals surface area contributed by atoms with E-state index in [1.165, 1.54) is 21.8 Å². The second-order valence-corrected chi connectivity index (χ2v) is 5.92. The molecule has 12 heteroatoms. The van der Waals surface area contributed by atoms with Gasteiger partial charge in [-0.2, -0.15) is 9.98 Å². The Morgan fingerprint density at radius 3 is 1.80 bits per heavy atom. The lowest BCUT2D eigenvalue weighted by atomic mass is 10.1. The lowest BCUT2D eigenvalue weighted by Gasteiger charge is -2.07. The van der Waals surface area contributed by atoms with Crippen molar-refractivity contribution >= 4 is 23.9 Å². The van der Waals surface area contributed by atoms with E-state index < -0.39 is 12.2 Å². The summed E-state index contributed by atoms with van der Waals surface area (Å²) in [6.07, 6.45) is 1.53. The van der Waals surface area contributed by atoms with Crippen LogP contribution in [0.25, 0.3) is 0 Å². The average Bonchev–Trinajstić information content (AvgIpc) is 3.32. The molecule has 1 aromatic carbocycles. The van der Waals surface area contributed by atoms with Gasteiger partial charge in [-0.1, -0.05) is 32.0 Å². The van der Waals surface area contributed by atoms with E-state index in [2.05, 4.69) is 20.5 Å². The molecule has 0 atom stereocenters. The number of ether oxygens (including phenoxy) is 2. The summed E-state index contributed by atoms with van der Waals surface area (Å²) in [5.74, 6) is 0.112. The molecule has 0 aliphatic rings. The monoisotopic (exact) mass is 416 g/mol. The summed E-state index contributed by atoms with van der Waals surface area (Å²) in [6.45, 7) is 4.64. The molecule has 3 rings (SSSR count). The fraction of sp³-hybridized carbons (Fsp3) is 0.333. The quantitative estimate of drug-likeness (QED) is 0.261. The Morgan fingerprint density at radius 1 is 0.900 bits per heavy atom. The lowest BCUT2D eigenvalue weighted by molar-refractivity contribution is -0.755. The number of hydrogen-bond donors (Lipinski definition) is 0. The van der Waals surface area contributed by atoms with Gasteiger partial charge in [-0.05, 0) is 28.6 Å². The predicted octanol–water partition coefficient (Wildman–Crippen LogP) is -0.897. The molecule has 0 aliphatic heterocycles. The maximum Gasteiger partial charge on any atom is 0.323 e. The van der Waals surface area contributed by atoms with Crippen LogP contribution in [0.3, 0.4) is 0 Å². The molecule has 2 aromatic heterocycles. The van der Waals surface area contributed by atoms with E-state index in [1.54, 1.807) is 13.8 Å². The first-order chi connectivity index (χ1) is 14.6. The fourth-order valence-electron chi connectivity index (χ4n) is 2.48. The van der Waals surface area contributed by atoms with Gasteiger partial charge in [0, 0.05) is 11.1 Å². The van der Waals surface area contributed by atoms with Crippen molar-refractivity contribution < 1.29 is 38.1 Å². The van der Waals surface area contributed by atoms with Crippen molar-refractivity contribution in [2.24, 2.45) is 9.98 Å². The Balaban J connectivity index is 1.64. The van der Waals surface area contributed by atoms with Crippen LogP contribution in [-0.4, -0.2) is 35.9 Å². The van der Waals surface area contributed by atoms with E-state index in [9.17, 15) is 10.2 Å². The molecule has 0 fully saturated rings. The van der Waals surface area contributed by atoms with Crippen molar-refractivity contribution in [3.05, 3.63) is 47.8 Å². The van der Waals surface area contributed by atoms with Crippen LogP contribution in [0.15, 0.2) is 55.7 Å². The molecular weight excluding hydrogens is 396 g/mol. The van der Waals surface area contributed by atoms with Crippen LogP contribution < -0.4 is 19.6 Å². The van der Waals surface area contributed by atoms with Crippen LogP contribution in [0.5, 0.6) is 0 Å². The van der Waals surface area contributed by atoms with Crippen LogP contribution in [0.4, 0.5) is 11.8 Å². The first kappa shape index (κ1) is 20.8. The number of nitrogens with zero attached hydrogens (tertiary/aromatic N) is 6. The molecule has 0 saturated carbocycles. The summed E-state index contributed by atoms with van der Waals surface area (Å²) < 4.78 is 22.5. The lowest BCUT2D eigenvalue weighted by Crippen LogP contribution is -2.36. The molecule has 0 amide bonds. The molecule has 0 radical (unpaired) electrons. The maximum absolute atomic E-state index is 11.4. The molecule has 0 unspecified atom stereocenters. The first-order valence-electron chi connectivity index (χ1n) is 9.13. The summed E-state index contributed by atoms with van der Waals surface area (Å²) in [4.78, 5) is 7.29. The number of rotatable bonds is 8. The van der Waals surface area contributed by atoms with Gasteiger partial charge >= 0.3 is 11.8 Å². The van der Waals surface area contributed by atoms with Crippen LogP contribution in [0.2, 0.25) is 0 Å². The zero-order valence-electron chi connectivity index (χ0n) is 16.4. The Kier molecular flexibility index (Phi) is 6.92. The summed E-state index contributed by atoms with van der Waals surface area (Å²) in [5, 5.41) is 30.4. The van der Waals surface area contributed by atoms with Crippen LogP contribution >= 0.6 is 0 Å². The molecule has 30 heavy (non-hydrogen) atoms. The predicted molar refractivity (Wildman–Crippen MR) is 95.5 cm³/mol. The maximum atomic E-state index is 11.4. The van der Waals surface area contributed by atoms with E-state index in [4.69, 9.17) is 18.5 Å². The van der Waals surface area contributed by atoms with Gasteiger partial charge in [0.1, 0.15) is 0 Å². The molecule has 158 valence electrons. The van der Waals surface area contributed by atoms with E-state index >= 15 is 0 Å². The molecule has 0 saturated heterocycles. The van der Waals surface area contributed by atoms with Crippen molar-refractivity contribution in [1.82, 2.24) is 10.5 Å². The Morgan fingerprint density at radius 2 is 1.37 bits per heavy atom. The van der Waals surface area contributed by atoms with Gasteiger partial charge in [0.15, 0.2) is 12.2 Å². The number of hydrogen-bond acceptors (Lipinski definition) is 10. The van der Waals surface area contributed by atoms with E-state index in [-0.39, 0.29) is 25.0 Å². The third kappa shape index (κ3) is 6.02. The van der Waals surface area contributed by atoms with Crippen LogP contribution in [0.1, 0.15) is 25.0 Å². The Labute approximate surface area is 171 Å². The highest BCUT2D eigenvalue weighted by molar-refractivity contribution is 5.65. The zero-order valence-corrected chi connectivity index (χ0v) is 16.4. The SMILES string of the molecule is CCO/C([O-])=N/c1c[n+](Cc2cccc(C[n+]3cc(/N=C(\[O-])OCC)on3)c2)no1. The Hall–Kier alpha value is -3.96. The van der Waals surface area contributed by atoms with Gasteiger partial charge in [-0.15, -0.1) is 0 Å². The van der Waals surface area contributed by atoms with Gasteiger partial charge < -0.3 is 19.7 Å². The number of benzene rings is 1. The molecule has 3 aromatic rings. The minimum Gasteiger partial charge on any atom is -0.600 e. The molecule has 0 bridgehead atoms. The number of aromatic nitrogens is 4. The second kappa shape index (κ2) is 10.0. The topological polar surface area (TPSA) is 149 Å². The summed E-state index contributed by atoms with van der Waals surface area (Å²) >= 11 is 0. The van der Waals surface area contributed by atoms with E-state index in [0.717, 1.165) is 11.1 Å². The Bertz CT molecular complexity index is 950. The van der Waals surface area contributed by atoms with Crippen molar-refractivity contribution in [2.45, 2.75) is 26.9 Å². The van der Waals surface area contributed by atoms with Crippen molar-refractivity contribution in [2.75, 3.05) is 13.2 Å². The zero-order chi connectivity index (χ0) is 21.3. The summed E-state index contributed by atoms with van der Waals surface area (Å²) in [6, 6.07) is 7.68. The van der Waals surface area contributed by atoms with Gasteiger partial charge in [-0.25, -0.2) is 0 Å². The normalized spacial score (nSPS) is 12.2. The summed E-state index contributed by atoms with van der Waals surface area (Å²) in [5.41, 5.74) is 1.88. The minimum atomic E-state index is -0.735. The highest BCUT2D eigenvalue weighted by Gasteiger charge is 2.15. The summed E-state index contributed by atoms with van der Waals surface area (Å²) in [7, 11) is 0. The molecule has 0 spiro atoms. The smallest absolute Gasteiger partial charge is 0.323 e. The highest BCUT2D eigenvalue weighted by Crippen LogP contribution is 2.10. The number of aliphatic imine (C=N–C) groups is 2. The van der Waals surface area contributed by atoms with E-state index in [1.807, 2.05) is 24.3 Å². The third-order valence-corrected chi connectivity index (χ3v) is 3.62. The third-order valence-electron chi connectivity index (χ3n) is 3.62. The molecule has 0 aliphatic carbocycles. The molecule has 0 N–H and O–H groups in total. The van der Waals surface area contributed by atoms with Gasteiger partial charge in [0.2, 0.25) is 23.6 Å². The molecule has 12 nitrogen and oxygen atoms in total. The standard InChI is InChI=1S/C18H20N6O6/c1-3-27-17(25)19-15-11-23(21-29-15)9-13-6-5-7-14(8-13)10-24-12-16(30-22-24)20-18(26)28-4-2/h5-8,11-12H,3-4,9-10H2,1-2H3. The average molecular weight is 416 g/mol. The van der Waals surface area contributed by atoms with Gasteiger partial charge in [-0.3, -0.25) is 9.05 Å². The largest absolute Gasteiger partial charge is 0.600 e. The molecule has 2 heterocycles. The van der Waals surface area contributed by atoms with Gasteiger partial charge in [0.25, 0.3) is 12.4 Å². The van der Waals surface area contributed by atoms with Crippen molar-refractivity contribution in [3.8, 4) is 0 Å². The highest BCUT2D eigenvalue weighted by atomic mass is 16.6. The van der Waals surface area contributed by atoms with Crippen LogP contribution in [-0.2, 0) is 22.6 Å². The van der Waals surface area contributed by atoms with E-state index in [0.29, 0.717) is 13.1 Å². The second-order valence-electron chi connectivity index (χ2n) is 5.92. The van der Waals surface area contributed by atoms with Crippen LogP contribution in [0, 0.1) is 0 Å². The van der Waals surface area contributed by atoms with Crippen molar-refractivity contribution in [1.29, 1.82) is 0 Å². The van der Waals surface area contributed by atoms with Gasteiger partial charge in [0.05, 0.1) is 0 Å². The fourth-order valence-corrected chi connectivity index (χ4v) is 2.48. The first-order valence-corrected chi connectivity index (χ1v) is 9.13.